The van der Waals surface area contributed by atoms with Crippen molar-refractivity contribution in [3.8, 4) is 0 Å². The number of ether oxygens (including phenoxy) is 1. The summed E-state index contributed by atoms with van der Waals surface area (Å²) in [5.41, 5.74) is 3.39. The van der Waals surface area contributed by atoms with Gasteiger partial charge in [0.2, 0.25) is 6.33 Å². The normalized spacial score (nSPS) is 12.6. The fraction of sp³-hybridized carbons (Fsp3) is 0.278. The van der Waals surface area contributed by atoms with Gasteiger partial charge in [0.25, 0.3) is 0 Å². The van der Waals surface area contributed by atoms with Gasteiger partial charge in [-0.2, -0.15) is 0 Å². The summed E-state index contributed by atoms with van der Waals surface area (Å²) in [7, 11) is 2.01. The molecule has 0 unspecified atom stereocenters. The van der Waals surface area contributed by atoms with Crippen LogP contribution in [0.2, 0.25) is 0 Å². The summed E-state index contributed by atoms with van der Waals surface area (Å²) in [5.74, 6) is 0. The molecule has 0 bridgehead atoms. The minimum Gasteiger partial charge on any atom is -0.387 e. The van der Waals surface area contributed by atoms with E-state index in [0.29, 0.717) is 19.8 Å². The van der Waals surface area contributed by atoms with Crippen LogP contribution in [0.25, 0.3) is 11.0 Å². The molecule has 2 aromatic carbocycles. The number of hydrogen-bond acceptors (Lipinski definition) is 2. The monoisotopic (exact) mass is 297 g/mol. The lowest BCUT2D eigenvalue weighted by molar-refractivity contribution is -0.645. The van der Waals surface area contributed by atoms with Crippen molar-refractivity contribution in [3.63, 3.8) is 0 Å². The number of aromatic nitrogens is 2. The van der Waals surface area contributed by atoms with Crippen molar-refractivity contribution in [1.82, 2.24) is 4.57 Å². The highest BCUT2D eigenvalue weighted by atomic mass is 16.5. The number of aliphatic hydroxyl groups excluding tert-OH is 1. The second-order valence-electron chi connectivity index (χ2n) is 5.52. The first-order chi connectivity index (χ1) is 10.7. The van der Waals surface area contributed by atoms with Crippen LogP contribution < -0.4 is 4.57 Å². The van der Waals surface area contributed by atoms with E-state index in [0.717, 1.165) is 16.6 Å². The van der Waals surface area contributed by atoms with Crippen molar-refractivity contribution in [2.45, 2.75) is 19.3 Å². The van der Waals surface area contributed by atoms with E-state index in [1.165, 1.54) is 0 Å². The number of rotatable bonds is 6. The highest BCUT2D eigenvalue weighted by Gasteiger charge is 2.16. The number of aryl methyl sites for hydroxylation is 1. The molecular formula is C18H21N2O2+. The van der Waals surface area contributed by atoms with E-state index in [1.807, 2.05) is 55.8 Å². The van der Waals surface area contributed by atoms with Crippen LogP contribution in [0, 0.1) is 0 Å². The van der Waals surface area contributed by atoms with E-state index in [9.17, 15) is 5.11 Å². The Hall–Kier alpha value is -2.17. The largest absolute Gasteiger partial charge is 0.387 e. The summed E-state index contributed by atoms with van der Waals surface area (Å²) < 4.78 is 9.73. The molecule has 22 heavy (non-hydrogen) atoms. The topological polar surface area (TPSA) is 38.3 Å². The predicted octanol–water partition coefficient (Wildman–Crippen LogP) is 2.04. The quantitative estimate of drug-likeness (QED) is 0.707. The Kier molecular flexibility index (Phi) is 4.51. The zero-order valence-corrected chi connectivity index (χ0v) is 12.7. The molecule has 4 nitrogen and oxygen atoms in total. The molecule has 114 valence electrons. The van der Waals surface area contributed by atoms with Crippen molar-refractivity contribution in [1.29, 1.82) is 0 Å². The Bertz CT molecular complexity index is 737. The molecule has 0 amide bonds. The van der Waals surface area contributed by atoms with Crippen LogP contribution in [0.1, 0.15) is 5.56 Å². The molecule has 4 heteroatoms. The minimum absolute atomic E-state index is 0.325. The maximum Gasteiger partial charge on any atom is 0.244 e. The second-order valence-corrected chi connectivity index (χ2v) is 5.52. The molecule has 0 aliphatic heterocycles. The molecule has 0 aliphatic rings. The van der Waals surface area contributed by atoms with E-state index in [4.69, 9.17) is 4.74 Å². The molecule has 0 saturated carbocycles. The Labute approximate surface area is 130 Å². The average molecular weight is 297 g/mol. The first-order valence-corrected chi connectivity index (χ1v) is 7.47. The number of imidazole rings is 1. The van der Waals surface area contributed by atoms with Gasteiger partial charge in [0.05, 0.1) is 20.3 Å². The van der Waals surface area contributed by atoms with E-state index >= 15 is 0 Å². The molecule has 0 saturated heterocycles. The highest BCUT2D eigenvalue weighted by molar-refractivity contribution is 5.71. The first kappa shape index (κ1) is 14.8. The zero-order chi connectivity index (χ0) is 15.4. The number of benzene rings is 2. The number of nitrogens with zero attached hydrogens (tertiary/aromatic N) is 2. The van der Waals surface area contributed by atoms with Gasteiger partial charge in [-0.3, -0.25) is 0 Å². The van der Waals surface area contributed by atoms with Crippen molar-refractivity contribution in [3.05, 3.63) is 66.5 Å². The number of aliphatic hydroxyl groups is 1. The van der Waals surface area contributed by atoms with Gasteiger partial charge in [-0.1, -0.05) is 42.5 Å². The number of fused-ring (bicyclic) bond motifs is 1. The molecule has 3 rings (SSSR count). The number of hydrogen-bond donors (Lipinski definition) is 1. The maximum absolute atomic E-state index is 10.2. The summed E-state index contributed by atoms with van der Waals surface area (Å²) in [4.78, 5) is 0. The second kappa shape index (κ2) is 6.73. The molecule has 1 N–H and O–H groups in total. The standard InChI is InChI=1S/C18H21N2O2/c1-19-14-20(18-10-6-5-9-17(18)19)11-16(21)13-22-12-15-7-3-2-4-8-15/h2-10,14,16,21H,11-13H2,1H3/q+1/t16-/m1/s1. The third-order valence-electron chi connectivity index (χ3n) is 3.71. The van der Waals surface area contributed by atoms with Gasteiger partial charge in [-0.05, 0) is 17.7 Å². The summed E-state index contributed by atoms with van der Waals surface area (Å²) in [6, 6.07) is 18.2. The molecular weight excluding hydrogens is 276 g/mol. The Balaban J connectivity index is 1.58. The van der Waals surface area contributed by atoms with Gasteiger partial charge in [0.1, 0.15) is 12.6 Å². The average Bonchev–Trinajstić information content (AvgIpc) is 2.85. The first-order valence-electron chi connectivity index (χ1n) is 7.47. The van der Waals surface area contributed by atoms with Crippen molar-refractivity contribution < 1.29 is 14.4 Å². The molecule has 0 spiro atoms. The molecule has 0 fully saturated rings. The summed E-state index contributed by atoms with van der Waals surface area (Å²) in [5, 5.41) is 10.2. The van der Waals surface area contributed by atoms with Gasteiger partial charge in [-0.25, -0.2) is 9.13 Å². The Morgan fingerprint density at radius 1 is 1.09 bits per heavy atom. The van der Waals surface area contributed by atoms with Gasteiger partial charge in [-0.15, -0.1) is 0 Å². The van der Waals surface area contributed by atoms with Gasteiger partial charge in [0, 0.05) is 0 Å². The SMILES string of the molecule is C[n+]1cn(C[C@@H](O)COCc2ccccc2)c2ccccc21. The van der Waals surface area contributed by atoms with Crippen molar-refractivity contribution in [2.24, 2.45) is 7.05 Å². The minimum atomic E-state index is -0.528. The number of para-hydroxylation sites is 2. The van der Waals surface area contributed by atoms with Crippen LogP contribution in [0.15, 0.2) is 60.9 Å². The van der Waals surface area contributed by atoms with Crippen LogP contribution in [0.4, 0.5) is 0 Å². The zero-order valence-electron chi connectivity index (χ0n) is 12.7. The molecule has 0 radical (unpaired) electrons. The summed E-state index contributed by atoms with van der Waals surface area (Å²) in [6.45, 7) is 1.37. The van der Waals surface area contributed by atoms with E-state index in [2.05, 4.69) is 21.3 Å². The van der Waals surface area contributed by atoms with Crippen LogP contribution >= 0.6 is 0 Å². The molecule has 0 aliphatic carbocycles. The Morgan fingerprint density at radius 2 is 1.82 bits per heavy atom. The predicted molar refractivity (Wildman–Crippen MR) is 85.2 cm³/mol. The lowest BCUT2D eigenvalue weighted by Gasteiger charge is -2.09. The summed E-state index contributed by atoms with van der Waals surface area (Å²) >= 11 is 0. The van der Waals surface area contributed by atoms with Gasteiger partial charge >= 0.3 is 0 Å². The maximum atomic E-state index is 10.2. The van der Waals surface area contributed by atoms with E-state index in [1.54, 1.807) is 0 Å². The molecule has 1 heterocycles. The third-order valence-corrected chi connectivity index (χ3v) is 3.71. The van der Waals surface area contributed by atoms with Crippen molar-refractivity contribution in [2.75, 3.05) is 6.61 Å². The van der Waals surface area contributed by atoms with Gasteiger partial charge < -0.3 is 9.84 Å². The van der Waals surface area contributed by atoms with Crippen LogP contribution in [0.5, 0.6) is 0 Å². The van der Waals surface area contributed by atoms with E-state index < -0.39 is 6.10 Å². The smallest absolute Gasteiger partial charge is 0.244 e. The van der Waals surface area contributed by atoms with E-state index in [-0.39, 0.29) is 0 Å². The fourth-order valence-corrected chi connectivity index (χ4v) is 2.65. The molecule has 1 atom stereocenters. The molecule has 1 aromatic heterocycles. The fourth-order valence-electron chi connectivity index (χ4n) is 2.65. The van der Waals surface area contributed by atoms with Gasteiger partial charge in [0.15, 0.2) is 11.0 Å². The van der Waals surface area contributed by atoms with Crippen LogP contribution in [0.3, 0.4) is 0 Å². The third kappa shape index (κ3) is 3.35. The lowest BCUT2D eigenvalue weighted by atomic mass is 10.2. The van der Waals surface area contributed by atoms with Crippen LogP contribution in [-0.2, 0) is 24.9 Å². The molecule has 3 aromatic rings. The van der Waals surface area contributed by atoms with Crippen LogP contribution in [-0.4, -0.2) is 22.4 Å². The Morgan fingerprint density at radius 3 is 2.64 bits per heavy atom. The highest BCUT2D eigenvalue weighted by Crippen LogP contribution is 2.11. The lowest BCUT2D eigenvalue weighted by Crippen LogP contribution is -2.27. The van der Waals surface area contributed by atoms with Crippen molar-refractivity contribution >= 4 is 11.0 Å². The summed E-state index contributed by atoms with van der Waals surface area (Å²) in [6.07, 6.45) is 1.48.